The molecule has 0 unspecified atom stereocenters. The van der Waals surface area contributed by atoms with Crippen LogP contribution in [0.15, 0.2) is 4.42 Å². The summed E-state index contributed by atoms with van der Waals surface area (Å²) in [5.41, 5.74) is 0. The SMILES string of the molecule is CCCCCCCCc1nnc(Cl)o1. The third kappa shape index (κ3) is 4.61. The van der Waals surface area contributed by atoms with E-state index in [1.807, 2.05) is 0 Å². The summed E-state index contributed by atoms with van der Waals surface area (Å²) < 4.78 is 5.05. The van der Waals surface area contributed by atoms with Crippen molar-refractivity contribution in [3.8, 4) is 0 Å². The molecule has 80 valence electrons. The molecule has 1 heterocycles. The maximum Gasteiger partial charge on any atom is 0.312 e. The van der Waals surface area contributed by atoms with Gasteiger partial charge in [0.15, 0.2) is 0 Å². The normalized spacial score (nSPS) is 10.7. The summed E-state index contributed by atoms with van der Waals surface area (Å²) in [6, 6.07) is 0. The van der Waals surface area contributed by atoms with E-state index in [9.17, 15) is 0 Å². The molecule has 0 atom stereocenters. The second-order valence-electron chi connectivity index (χ2n) is 3.47. The van der Waals surface area contributed by atoms with Gasteiger partial charge in [-0.05, 0) is 18.0 Å². The first-order valence-electron chi connectivity index (χ1n) is 5.31. The monoisotopic (exact) mass is 216 g/mol. The van der Waals surface area contributed by atoms with Gasteiger partial charge in [0.1, 0.15) is 0 Å². The third-order valence-corrected chi connectivity index (χ3v) is 2.34. The molecule has 1 aromatic heterocycles. The van der Waals surface area contributed by atoms with Crippen LogP contribution in [0.2, 0.25) is 5.35 Å². The van der Waals surface area contributed by atoms with E-state index in [0.717, 1.165) is 12.8 Å². The van der Waals surface area contributed by atoms with Crippen LogP contribution in [-0.2, 0) is 6.42 Å². The summed E-state index contributed by atoms with van der Waals surface area (Å²) in [6.45, 7) is 2.22. The van der Waals surface area contributed by atoms with Crippen LogP contribution in [0.4, 0.5) is 0 Å². The summed E-state index contributed by atoms with van der Waals surface area (Å²) in [5.74, 6) is 0.658. The highest BCUT2D eigenvalue weighted by molar-refractivity contribution is 6.27. The largest absolute Gasteiger partial charge is 0.412 e. The zero-order valence-corrected chi connectivity index (χ0v) is 9.39. The summed E-state index contributed by atoms with van der Waals surface area (Å²) >= 11 is 5.50. The van der Waals surface area contributed by atoms with Crippen LogP contribution in [0.25, 0.3) is 0 Å². The molecule has 0 amide bonds. The second kappa shape index (κ2) is 6.82. The molecule has 0 radical (unpaired) electrons. The molecule has 0 fully saturated rings. The highest BCUT2D eigenvalue weighted by Crippen LogP contribution is 2.10. The van der Waals surface area contributed by atoms with Crippen LogP contribution >= 0.6 is 11.6 Å². The summed E-state index contributed by atoms with van der Waals surface area (Å²) in [4.78, 5) is 0. The van der Waals surface area contributed by atoms with Gasteiger partial charge in [0, 0.05) is 6.42 Å². The molecule has 0 aromatic carbocycles. The lowest BCUT2D eigenvalue weighted by molar-refractivity contribution is 0.478. The van der Waals surface area contributed by atoms with E-state index in [0.29, 0.717) is 5.89 Å². The number of hydrogen-bond acceptors (Lipinski definition) is 3. The molecular formula is C10H17ClN2O. The van der Waals surface area contributed by atoms with E-state index in [1.165, 1.54) is 32.1 Å². The topological polar surface area (TPSA) is 38.9 Å². The van der Waals surface area contributed by atoms with Crippen LogP contribution in [0.3, 0.4) is 0 Å². The van der Waals surface area contributed by atoms with Crippen molar-refractivity contribution < 1.29 is 4.42 Å². The predicted molar refractivity (Wildman–Crippen MR) is 56.4 cm³/mol. The van der Waals surface area contributed by atoms with Crippen LogP contribution in [0.5, 0.6) is 0 Å². The van der Waals surface area contributed by atoms with E-state index >= 15 is 0 Å². The molecule has 0 aliphatic heterocycles. The van der Waals surface area contributed by atoms with Crippen LogP contribution in [0, 0.1) is 0 Å². The lowest BCUT2D eigenvalue weighted by Gasteiger charge is -1.97. The first-order chi connectivity index (χ1) is 6.83. The first kappa shape index (κ1) is 11.5. The van der Waals surface area contributed by atoms with E-state index in [2.05, 4.69) is 17.1 Å². The Morgan fingerprint density at radius 1 is 1.07 bits per heavy atom. The van der Waals surface area contributed by atoms with Crippen molar-refractivity contribution in [2.45, 2.75) is 51.9 Å². The molecule has 14 heavy (non-hydrogen) atoms. The molecule has 0 N–H and O–H groups in total. The van der Waals surface area contributed by atoms with Gasteiger partial charge in [0.2, 0.25) is 5.89 Å². The smallest absolute Gasteiger partial charge is 0.312 e. The van der Waals surface area contributed by atoms with Gasteiger partial charge in [-0.15, -0.1) is 5.10 Å². The molecule has 1 rings (SSSR count). The number of aromatic nitrogens is 2. The Kier molecular flexibility index (Phi) is 5.60. The minimum absolute atomic E-state index is 0.144. The van der Waals surface area contributed by atoms with Gasteiger partial charge in [-0.25, -0.2) is 0 Å². The van der Waals surface area contributed by atoms with Crippen molar-refractivity contribution in [3.05, 3.63) is 11.2 Å². The van der Waals surface area contributed by atoms with Crippen molar-refractivity contribution in [1.82, 2.24) is 10.2 Å². The summed E-state index contributed by atoms with van der Waals surface area (Å²) in [6.07, 6.45) is 8.47. The highest BCUT2D eigenvalue weighted by atomic mass is 35.5. The van der Waals surface area contributed by atoms with Gasteiger partial charge in [-0.1, -0.05) is 44.1 Å². The Morgan fingerprint density at radius 2 is 1.79 bits per heavy atom. The zero-order valence-electron chi connectivity index (χ0n) is 8.63. The minimum Gasteiger partial charge on any atom is -0.412 e. The average Bonchev–Trinajstić information content (AvgIpc) is 2.58. The van der Waals surface area contributed by atoms with Gasteiger partial charge >= 0.3 is 5.35 Å². The Hall–Kier alpha value is -0.570. The molecule has 4 heteroatoms. The quantitative estimate of drug-likeness (QED) is 0.654. The maximum absolute atomic E-state index is 5.50. The van der Waals surface area contributed by atoms with E-state index in [-0.39, 0.29) is 5.35 Å². The number of unbranched alkanes of at least 4 members (excludes halogenated alkanes) is 5. The standard InChI is InChI=1S/C10H17ClN2O/c1-2-3-4-5-6-7-8-9-12-13-10(11)14-9/h2-8H2,1H3. The fourth-order valence-corrected chi connectivity index (χ4v) is 1.52. The molecule has 0 aliphatic carbocycles. The van der Waals surface area contributed by atoms with Crippen molar-refractivity contribution in [2.75, 3.05) is 0 Å². The fourth-order valence-electron chi connectivity index (χ4n) is 1.39. The van der Waals surface area contributed by atoms with Crippen molar-refractivity contribution in [1.29, 1.82) is 0 Å². The summed E-state index contributed by atoms with van der Waals surface area (Å²) in [5, 5.41) is 7.54. The molecule has 0 aliphatic rings. The number of nitrogens with zero attached hydrogens (tertiary/aromatic N) is 2. The van der Waals surface area contributed by atoms with Crippen LogP contribution < -0.4 is 0 Å². The van der Waals surface area contributed by atoms with E-state index in [1.54, 1.807) is 0 Å². The first-order valence-corrected chi connectivity index (χ1v) is 5.68. The van der Waals surface area contributed by atoms with Crippen LogP contribution in [-0.4, -0.2) is 10.2 Å². The van der Waals surface area contributed by atoms with Gasteiger partial charge in [0.05, 0.1) is 0 Å². The van der Waals surface area contributed by atoms with Gasteiger partial charge in [-0.3, -0.25) is 0 Å². The van der Waals surface area contributed by atoms with E-state index in [4.69, 9.17) is 16.0 Å². The van der Waals surface area contributed by atoms with Crippen molar-refractivity contribution in [2.24, 2.45) is 0 Å². The molecule has 0 bridgehead atoms. The molecular weight excluding hydrogens is 200 g/mol. The van der Waals surface area contributed by atoms with Gasteiger partial charge in [0.25, 0.3) is 0 Å². The van der Waals surface area contributed by atoms with Crippen LogP contribution in [0.1, 0.15) is 51.3 Å². The van der Waals surface area contributed by atoms with E-state index < -0.39 is 0 Å². The molecule has 0 spiro atoms. The Bertz CT molecular complexity index is 250. The molecule has 0 saturated heterocycles. The maximum atomic E-state index is 5.50. The third-order valence-electron chi connectivity index (χ3n) is 2.19. The van der Waals surface area contributed by atoms with Gasteiger partial charge in [-0.2, -0.15) is 0 Å². The van der Waals surface area contributed by atoms with Gasteiger partial charge < -0.3 is 4.42 Å². The Labute approximate surface area is 89.9 Å². The fraction of sp³-hybridized carbons (Fsp3) is 0.800. The predicted octanol–water partition coefficient (Wildman–Crippen LogP) is 3.63. The van der Waals surface area contributed by atoms with Crippen molar-refractivity contribution >= 4 is 11.6 Å². The molecule has 0 saturated carbocycles. The number of hydrogen-bond donors (Lipinski definition) is 0. The number of aryl methyl sites for hydroxylation is 1. The molecule has 3 nitrogen and oxygen atoms in total. The lowest BCUT2D eigenvalue weighted by atomic mass is 10.1. The second-order valence-corrected chi connectivity index (χ2v) is 3.79. The number of rotatable bonds is 7. The Balaban J connectivity index is 1.99. The average molecular weight is 217 g/mol. The minimum atomic E-state index is 0.144. The van der Waals surface area contributed by atoms with Crippen molar-refractivity contribution in [3.63, 3.8) is 0 Å². The number of halogens is 1. The summed E-state index contributed by atoms with van der Waals surface area (Å²) in [7, 11) is 0. The molecule has 1 aromatic rings. The Morgan fingerprint density at radius 3 is 2.43 bits per heavy atom. The zero-order chi connectivity index (χ0) is 10.2. The lowest BCUT2D eigenvalue weighted by Crippen LogP contribution is -1.86. The highest BCUT2D eigenvalue weighted by Gasteiger charge is 2.02.